The monoisotopic (exact) mass is 255 g/mol. The summed E-state index contributed by atoms with van der Waals surface area (Å²) in [5.41, 5.74) is 0.351. The maximum absolute atomic E-state index is 11.3. The zero-order chi connectivity index (χ0) is 12.1. The Morgan fingerprint density at radius 3 is 2.50 bits per heavy atom. The average Bonchev–Trinajstić information content (AvgIpc) is 2.14. The van der Waals surface area contributed by atoms with Gasteiger partial charge in [0.05, 0.1) is 12.2 Å². The van der Waals surface area contributed by atoms with Gasteiger partial charge in [-0.05, 0) is 32.6 Å². The number of esters is 1. The van der Waals surface area contributed by atoms with Gasteiger partial charge in [-0.25, -0.2) is 4.79 Å². The molecule has 0 heterocycles. The van der Waals surface area contributed by atoms with Crippen LogP contribution < -0.4 is 0 Å². The maximum atomic E-state index is 11.3. The third kappa shape index (κ3) is 6.77. The van der Waals surface area contributed by atoms with Crippen LogP contribution in [-0.2, 0) is 9.53 Å². The summed E-state index contributed by atoms with van der Waals surface area (Å²) in [7, 11) is 0. The summed E-state index contributed by atoms with van der Waals surface area (Å²) in [6.07, 6.45) is 2.17. The first-order valence-electron chi connectivity index (χ1n) is 5.57. The predicted octanol–water partition coefficient (Wildman–Crippen LogP) is 1.98. The van der Waals surface area contributed by atoms with Crippen molar-refractivity contribution >= 4 is 5.97 Å². The van der Waals surface area contributed by atoms with Crippen LogP contribution in [0.2, 0.25) is 0 Å². The first kappa shape index (κ1) is 19.5. The van der Waals surface area contributed by atoms with E-state index < -0.39 is 18.2 Å². The Bertz CT molecular complexity index is 263. The van der Waals surface area contributed by atoms with Gasteiger partial charge in [-0.3, -0.25) is 0 Å². The standard InChI is InChI=1S/C12H19O4.2CH2/c1-8(2)12(15)16-11-5-3-4-9(13)6-10(14)7-11;;/h9-10,13-14H,1,3-7H2,2H3;2*1H2. The summed E-state index contributed by atoms with van der Waals surface area (Å²) < 4.78 is 5.13. The van der Waals surface area contributed by atoms with Crippen molar-refractivity contribution in [2.45, 2.75) is 51.2 Å². The van der Waals surface area contributed by atoms with E-state index >= 15 is 0 Å². The lowest BCUT2D eigenvalue weighted by atomic mass is 9.94. The first-order chi connectivity index (χ1) is 7.49. The largest absolute Gasteiger partial charge is 0.451 e. The van der Waals surface area contributed by atoms with Gasteiger partial charge in [0.15, 0.2) is 6.10 Å². The Kier molecular flexibility index (Phi) is 9.86. The van der Waals surface area contributed by atoms with Crippen molar-refractivity contribution in [2.75, 3.05) is 0 Å². The van der Waals surface area contributed by atoms with Crippen molar-refractivity contribution in [3.63, 3.8) is 0 Å². The Morgan fingerprint density at radius 1 is 1.33 bits per heavy atom. The molecule has 1 fully saturated rings. The molecule has 0 aromatic heterocycles. The molecular weight excluding hydrogens is 232 g/mol. The summed E-state index contributed by atoms with van der Waals surface area (Å²) in [4.78, 5) is 11.3. The van der Waals surface area contributed by atoms with Crippen LogP contribution in [0.25, 0.3) is 0 Å². The normalized spacial score (nSPS) is 24.8. The summed E-state index contributed by atoms with van der Waals surface area (Å²) in [6.45, 7) is 5.09. The van der Waals surface area contributed by atoms with E-state index in [2.05, 4.69) is 6.58 Å². The van der Waals surface area contributed by atoms with Crippen molar-refractivity contribution in [1.29, 1.82) is 0 Å². The van der Waals surface area contributed by atoms with E-state index in [-0.39, 0.29) is 14.9 Å². The molecule has 0 spiro atoms. The summed E-state index contributed by atoms with van der Waals surface area (Å²) in [5, 5.41) is 19.1. The van der Waals surface area contributed by atoms with Crippen LogP contribution in [0.3, 0.4) is 0 Å². The lowest BCUT2D eigenvalue weighted by Gasteiger charge is -2.24. The van der Waals surface area contributed by atoms with Gasteiger partial charge in [0.2, 0.25) is 0 Å². The molecule has 1 aliphatic carbocycles. The molecule has 0 saturated heterocycles. The van der Waals surface area contributed by atoms with E-state index in [0.717, 1.165) is 6.42 Å². The number of hydrogen-bond donors (Lipinski definition) is 2. The minimum Gasteiger partial charge on any atom is -0.451 e. The lowest BCUT2D eigenvalue weighted by Crippen LogP contribution is -2.25. The minimum atomic E-state index is -0.636. The highest BCUT2D eigenvalue weighted by molar-refractivity contribution is 5.87. The molecule has 5 radical (unpaired) electrons. The number of carbonyl (C=O) groups excluding carboxylic acids is 1. The molecule has 0 amide bonds. The fraction of sp³-hybridized carbons (Fsp3) is 0.571. The average molecular weight is 255 g/mol. The molecule has 0 aromatic rings. The van der Waals surface area contributed by atoms with Gasteiger partial charge in [0, 0.05) is 12.0 Å². The number of aliphatic hydroxyl groups is 2. The second-order valence-electron chi connectivity index (χ2n) is 4.35. The number of rotatable bonds is 2. The molecule has 0 aliphatic heterocycles. The molecular formula is C14H23O4. The van der Waals surface area contributed by atoms with Crippen molar-refractivity contribution in [2.24, 2.45) is 0 Å². The fourth-order valence-corrected chi connectivity index (χ4v) is 1.73. The molecule has 1 rings (SSSR count). The van der Waals surface area contributed by atoms with Crippen LogP contribution >= 0.6 is 0 Å². The quantitative estimate of drug-likeness (QED) is 0.585. The van der Waals surface area contributed by atoms with Crippen LogP contribution in [-0.4, -0.2) is 28.4 Å². The summed E-state index contributed by atoms with van der Waals surface area (Å²) in [5.74, 6) is -0.441. The third-order valence-electron chi connectivity index (χ3n) is 2.59. The van der Waals surface area contributed by atoms with E-state index in [4.69, 9.17) is 4.74 Å². The van der Waals surface area contributed by atoms with Crippen molar-refractivity contribution in [3.8, 4) is 0 Å². The van der Waals surface area contributed by atoms with Gasteiger partial charge in [-0.15, -0.1) is 0 Å². The first-order valence-corrected chi connectivity index (χ1v) is 5.57. The lowest BCUT2D eigenvalue weighted by molar-refractivity contribution is -0.139. The van der Waals surface area contributed by atoms with Crippen LogP contribution in [0, 0.1) is 21.0 Å². The maximum Gasteiger partial charge on any atom is 0.333 e. The smallest absolute Gasteiger partial charge is 0.333 e. The van der Waals surface area contributed by atoms with Gasteiger partial charge in [0.25, 0.3) is 0 Å². The zero-order valence-electron chi connectivity index (χ0n) is 11.0. The molecule has 103 valence electrons. The van der Waals surface area contributed by atoms with Gasteiger partial charge in [-0.2, -0.15) is 0 Å². The van der Waals surface area contributed by atoms with E-state index in [1.807, 2.05) is 0 Å². The topological polar surface area (TPSA) is 66.8 Å². The zero-order valence-corrected chi connectivity index (χ0v) is 11.0. The van der Waals surface area contributed by atoms with Crippen molar-refractivity contribution in [3.05, 3.63) is 33.1 Å². The summed E-state index contributed by atoms with van der Waals surface area (Å²) >= 11 is 0. The Labute approximate surface area is 111 Å². The number of hydrogen-bond acceptors (Lipinski definition) is 4. The third-order valence-corrected chi connectivity index (χ3v) is 2.59. The fourth-order valence-electron chi connectivity index (χ4n) is 1.73. The van der Waals surface area contributed by atoms with Gasteiger partial charge >= 0.3 is 5.97 Å². The Balaban J connectivity index is 0. The highest BCUT2D eigenvalue weighted by Gasteiger charge is 2.25. The van der Waals surface area contributed by atoms with E-state index in [0.29, 0.717) is 37.4 Å². The molecule has 2 N–H and O–H groups in total. The van der Waals surface area contributed by atoms with Crippen LogP contribution in [0.5, 0.6) is 0 Å². The number of ether oxygens (including phenoxy) is 1. The SMILES string of the molecule is C=C(C)C(=O)O[C]1CCCC(O)CC(O)C1.[CH2].[CH2]. The second-order valence-corrected chi connectivity index (χ2v) is 4.35. The molecule has 4 nitrogen and oxygen atoms in total. The summed E-state index contributed by atoms with van der Waals surface area (Å²) in [6, 6.07) is 0. The van der Waals surface area contributed by atoms with Gasteiger partial charge in [0.1, 0.15) is 0 Å². The highest BCUT2D eigenvalue weighted by Crippen LogP contribution is 2.26. The van der Waals surface area contributed by atoms with Crippen LogP contribution in [0.1, 0.15) is 39.0 Å². The molecule has 2 atom stereocenters. The van der Waals surface area contributed by atoms with Crippen molar-refractivity contribution < 1.29 is 19.7 Å². The molecule has 1 aliphatic rings. The van der Waals surface area contributed by atoms with Gasteiger partial charge < -0.3 is 14.9 Å². The van der Waals surface area contributed by atoms with E-state index in [1.165, 1.54) is 0 Å². The molecule has 4 heteroatoms. The highest BCUT2D eigenvalue weighted by atomic mass is 16.5. The second kappa shape index (κ2) is 9.11. The Morgan fingerprint density at radius 2 is 1.94 bits per heavy atom. The van der Waals surface area contributed by atoms with Crippen molar-refractivity contribution in [1.82, 2.24) is 0 Å². The van der Waals surface area contributed by atoms with E-state index in [9.17, 15) is 15.0 Å². The molecule has 18 heavy (non-hydrogen) atoms. The van der Waals surface area contributed by atoms with Gasteiger partial charge in [-0.1, -0.05) is 21.4 Å². The number of aliphatic hydroxyl groups excluding tert-OH is 2. The molecule has 1 saturated carbocycles. The predicted molar refractivity (Wildman–Crippen MR) is 70.0 cm³/mol. The van der Waals surface area contributed by atoms with E-state index in [1.54, 1.807) is 6.92 Å². The minimum absolute atomic E-state index is 0. The molecule has 0 aromatic carbocycles. The Hall–Kier alpha value is -0.870. The molecule has 0 bridgehead atoms. The van der Waals surface area contributed by atoms with Crippen LogP contribution in [0.4, 0.5) is 0 Å². The van der Waals surface area contributed by atoms with Crippen LogP contribution in [0.15, 0.2) is 12.2 Å². The number of carbonyl (C=O) groups is 1. The molecule has 2 unspecified atom stereocenters.